The number of nitrogens with one attached hydrogen (secondary N) is 1. The maximum absolute atomic E-state index is 13.1. The van der Waals surface area contributed by atoms with Crippen LogP contribution in [-0.4, -0.2) is 21.7 Å². The number of benzene rings is 2. The minimum Gasteiger partial charge on any atom is -0.481 e. The van der Waals surface area contributed by atoms with Gasteiger partial charge in [-0.2, -0.15) is 0 Å². The van der Waals surface area contributed by atoms with Crippen LogP contribution in [0.25, 0.3) is 21.3 Å². The van der Waals surface area contributed by atoms with E-state index in [0.29, 0.717) is 21.0 Å². The third kappa shape index (κ3) is 3.94. The summed E-state index contributed by atoms with van der Waals surface area (Å²) in [7, 11) is 0. The molecule has 0 aliphatic heterocycles. The van der Waals surface area contributed by atoms with Crippen molar-refractivity contribution >= 4 is 39.1 Å². The molecule has 2 aromatic carbocycles. The quantitative estimate of drug-likeness (QED) is 0.492. The maximum Gasteiger partial charge on any atom is 0.281 e. The van der Waals surface area contributed by atoms with E-state index in [-0.39, 0.29) is 5.56 Å². The number of nitrogens with zero attached hydrogens (tertiary/aromatic N) is 2. The predicted molar refractivity (Wildman–Crippen MR) is 120 cm³/mol. The van der Waals surface area contributed by atoms with Crippen LogP contribution in [0.15, 0.2) is 65.7 Å². The summed E-state index contributed by atoms with van der Waals surface area (Å²) in [6.45, 7) is 3.56. The van der Waals surface area contributed by atoms with Crippen LogP contribution in [0, 0.1) is 6.92 Å². The van der Waals surface area contributed by atoms with Crippen molar-refractivity contribution in [2.75, 3.05) is 5.43 Å². The first kappa shape index (κ1) is 20.1. The van der Waals surface area contributed by atoms with E-state index in [0.717, 1.165) is 20.7 Å². The van der Waals surface area contributed by atoms with Gasteiger partial charge in [-0.1, -0.05) is 41.9 Å². The second-order valence-electron chi connectivity index (χ2n) is 6.69. The van der Waals surface area contributed by atoms with E-state index in [1.165, 1.54) is 17.7 Å². The van der Waals surface area contributed by atoms with Gasteiger partial charge in [0.05, 0.1) is 5.39 Å². The zero-order valence-electron chi connectivity index (χ0n) is 16.3. The Hall–Kier alpha value is -3.16. The van der Waals surface area contributed by atoms with E-state index in [1.807, 2.05) is 37.3 Å². The molecule has 0 fully saturated rings. The maximum atomic E-state index is 13.1. The lowest BCUT2D eigenvalue weighted by Crippen LogP contribution is -2.39. The predicted octanol–water partition coefficient (Wildman–Crippen LogP) is 4.62. The number of aryl methyl sites for hydroxylation is 1. The van der Waals surface area contributed by atoms with Crippen molar-refractivity contribution in [3.05, 3.63) is 81.2 Å². The molecule has 1 atom stereocenters. The molecular formula is C22H18ClN3O3S. The Bertz CT molecular complexity index is 1270. The number of hydrogen-bond donors (Lipinski definition) is 1. The molecule has 0 aliphatic carbocycles. The second-order valence-corrected chi connectivity index (χ2v) is 8.33. The van der Waals surface area contributed by atoms with E-state index < -0.39 is 12.0 Å². The van der Waals surface area contributed by atoms with Gasteiger partial charge in [0.2, 0.25) is 0 Å². The lowest BCUT2D eigenvalue weighted by molar-refractivity contribution is -0.123. The van der Waals surface area contributed by atoms with Gasteiger partial charge in [0.25, 0.3) is 11.5 Å². The van der Waals surface area contributed by atoms with Crippen LogP contribution in [0.3, 0.4) is 0 Å². The Balaban J connectivity index is 1.63. The normalized spacial score (nSPS) is 12.0. The average molecular weight is 440 g/mol. The first-order valence-corrected chi connectivity index (χ1v) is 10.4. The summed E-state index contributed by atoms with van der Waals surface area (Å²) in [5.41, 5.74) is 4.01. The summed E-state index contributed by atoms with van der Waals surface area (Å²) in [4.78, 5) is 31.7. The smallest absolute Gasteiger partial charge is 0.281 e. The van der Waals surface area contributed by atoms with Crippen molar-refractivity contribution in [3.63, 3.8) is 0 Å². The topological polar surface area (TPSA) is 73.2 Å². The number of hydrogen-bond acceptors (Lipinski definition) is 5. The van der Waals surface area contributed by atoms with E-state index in [1.54, 1.807) is 31.2 Å². The highest BCUT2D eigenvalue weighted by Gasteiger charge is 2.20. The highest BCUT2D eigenvalue weighted by molar-refractivity contribution is 7.19. The summed E-state index contributed by atoms with van der Waals surface area (Å²) in [6.07, 6.45) is 0.494. The minimum atomic E-state index is -0.827. The number of amides is 1. The number of ether oxygens (including phenoxy) is 1. The molecule has 4 rings (SSSR count). The molecule has 1 N–H and O–H groups in total. The van der Waals surface area contributed by atoms with Crippen LogP contribution in [0.4, 0.5) is 0 Å². The van der Waals surface area contributed by atoms with Crippen molar-refractivity contribution in [1.82, 2.24) is 9.66 Å². The van der Waals surface area contributed by atoms with Gasteiger partial charge >= 0.3 is 0 Å². The molecule has 152 valence electrons. The summed E-state index contributed by atoms with van der Waals surface area (Å²) < 4.78 is 6.73. The SMILES string of the molecule is Cc1sc2ncn(NC(=O)C(C)Oc3ccc(Cl)cc3)c(=O)c2c1-c1ccccc1. The second kappa shape index (κ2) is 8.30. The molecule has 0 bridgehead atoms. The van der Waals surface area contributed by atoms with Crippen LogP contribution in [0.2, 0.25) is 5.02 Å². The molecule has 6 nitrogen and oxygen atoms in total. The van der Waals surface area contributed by atoms with Crippen LogP contribution in [0.5, 0.6) is 5.75 Å². The standard InChI is InChI=1S/C22H18ClN3O3S/c1-13(29-17-10-8-16(23)9-11-17)20(27)25-26-12-24-21-19(22(26)28)18(14(2)30-21)15-6-4-3-5-7-15/h3-13H,1-2H3,(H,25,27). The van der Waals surface area contributed by atoms with E-state index in [9.17, 15) is 9.59 Å². The van der Waals surface area contributed by atoms with Crippen molar-refractivity contribution < 1.29 is 9.53 Å². The summed E-state index contributed by atoms with van der Waals surface area (Å²) in [6, 6.07) is 16.4. The van der Waals surface area contributed by atoms with Crippen LogP contribution in [-0.2, 0) is 4.79 Å². The average Bonchev–Trinajstić information content (AvgIpc) is 3.09. The number of fused-ring (bicyclic) bond motifs is 1. The fourth-order valence-corrected chi connectivity index (χ4v) is 4.24. The molecule has 0 spiro atoms. The molecule has 2 aromatic heterocycles. The third-order valence-corrected chi connectivity index (χ3v) is 5.84. The van der Waals surface area contributed by atoms with E-state index >= 15 is 0 Å². The number of halogens is 1. The Kier molecular flexibility index (Phi) is 5.57. The Morgan fingerprint density at radius 2 is 1.87 bits per heavy atom. The van der Waals surface area contributed by atoms with E-state index in [2.05, 4.69) is 10.4 Å². The number of rotatable bonds is 5. The molecular weight excluding hydrogens is 422 g/mol. The van der Waals surface area contributed by atoms with Crippen molar-refractivity contribution in [1.29, 1.82) is 0 Å². The molecule has 1 amide bonds. The minimum absolute atomic E-state index is 0.338. The first-order valence-electron chi connectivity index (χ1n) is 9.23. The monoisotopic (exact) mass is 439 g/mol. The van der Waals surface area contributed by atoms with Gasteiger partial charge in [-0.3, -0.25) is 15.0 Å². The lowest BCUT2D eigenvalue weighted by atomic mass is 10.0. The highest BCUT2D eigenvalue weighted by Crippen LogP contribution is 2.35. The molecule has 0 radical (unpaired) electrons. The Labute approximate surface area is 181 Å². The molecule has 30 heavy (non-hydrogen) atoms. The van der Waals surface area contributed by atoms with Gasteiger partial charge < -0.3 is 4.74 Å². The van der Waals surface area contributed by atoms with Crippen molar-refractivity contribution in [2.45, 2.75) is 20.0 Å². The van der Waals surface area contributed by atoms with Crippen LogP contribution >= 0.6 is 22.9 Å². The fourth-order valence-electron chi connectivity index (χ4n) is 3.11. The molecule has 0 saturated heterocycles. The molecule has 0 saturated carbocycles. The fraction of sp³-hybridized carbons (Fsp3) is 0.136. The lowest BCUT2D eigenvalue weighted by Gasteiger charge is -2.15. The molecule has 4 aromatic rings. The van der Waals surface area contributed by atoms with Gasteiger partial charge in [0, 0.05) is 15.5 Å². The molecule has 2 heterocycles. The first-order chi connectivity index (χ1) is 14.4. The molecule has 1 unspecified atom stereocenters. The van der Waals surface area contributed by atoms with Gasteiger partial charge in [0.1, 0.15) is 16.9 Å². The van der Waals surface area contributed by atoms with E-state index in [4.69, 9.17) is 16.3 Å². The summed E-state index contributed by atoms with van der Waals surface area (Å²) >= 11 is 7.31. The van der Waals surface area contributed by atoms with Gasteiger partial charge in [-0.15, -0.1) is 11.3 Å². The van der Waals surface area contributed by atoms with Gasteiger partial charge in [-0.25, -0.2) is 9.66 Å². The third-order valence-electron chi connectivity index (χ3n) is 4.58. The zero-order chi connectivity index (χ0) is 21.3. The summed E-state index contributed by atoms with van der Waals surface area (Å²) in [5.74, 6) is 0.0317. The van der Waals surface area contributed by atoms with Crippen LogP contribution in [0.1, 0.15) is 11.8 Å². The number of thiophene rings is 1. The number of carbonyl (C=O) groups excluding carboxylic acids is 1. The number of carbonyl (C=O) groups is 1. The highest BCUT2D eigenvalue weighted by atomic mass is 35.5. The Morgan fingerprint density at radius 3 is 2.57 bits per heavy atom. The van der Waals surface area contributed by atoms with Crippen molar-refractivity contribution in [2.24, 2.45) is 0 Å². The molecule has 0 aliphatic rings. The molecule has 8 heteroatoms. The Morgan fingerprint density at radius 1 is 1.17 bits per heavy atom. The zero-order valence-corrected chi connectivity index (χ0v) is 17.8. The van der Waals surface area contributed by atoms with Gasteiger partial charge in [0.15, 0.2) is 6.10 Å². The van der Waals surface area contributed by atoms with Gasteiger partial charge in [-0.05, 0) is 43.7 Å². The van der Waals surface area contributed by atoms with Crippen molar-refractivity contribution in [3.8, 4) is 16.9 Å². The number of aromatic nitrogens is 2. The largest absolute Gasteiger partial charge is 0.481 e. The van der Waals surface area contributed by atoms with Crippen LogP contribution < -0.4 is 15.7 Å². The summed E-state index contributed by atoms with van der Waals surface area (Å²) in [5, 5.41) is 1.06.